The zero-order chi connectivity index (χ0) is 15.1. The highest BCUT2D eigenvalue weighted by Gasteiger charge is 2.39. The molecule has 2 rings (SSSR count). The topological polar surface area (TPSA) is 62.5 Å². The fraction of sp³-hybridized carbons (Fsp3) is 0.571. The van der Waals surface area contributed by atoms with E-state index in [1.165, 1.54) is 4.90 Å². The second-order valence-electron chi connectivity index (χ2n) is 5.60. The molecule has 110 valence electrons. The Bertz CT molecular complexity index is 547. The van der Waals surface area contributed by atoms with Gasteiger partial charge < -0.3 is 14.6 Å². The van der Waals surface area contributed by atoms with Crippen molar-refractivity contribution in [3.05, 3.63) is 22.4 Å². The van der Waals surface area contributed by atoms with E-state index in [2.05, 4.69) is 15.9 Å². The summed E-state index contributed by atoms with van der Waals surface area (Å²) in [5, 5.41) is 9.32. The number of hydrogen-bond donors (Lipinski definition) is 1. The number of aromatic nitrogens is 1. The fourth-order valence-corrected chi connectivity index (χ4v) is 2.76. The molecule has 0 radical (unpaired) electrons. The molecule has 1 aliphatic carbocycles. The van der Waals surface area contributed by atoms with Crippen LogP contribution in [0.4, 0.5) is 0 Å². The number of nitrogens with zero attached hydrogens (tertiary/aromatic N) is 2. The van der Waals surface area contributed by atoms with Gasteiger partial charge in [0, 0.05) is 23.3 Å². The quantitative estimate of drug-likeness (QED) is 0.894. The minimum absolute atomic E-state index is 0.238. The lowest BCUT2D eigenvalue weighted by atomic mass is 10.0. The van der Waals surface area contributed by atoms with E-state index in [9.17, 15) is 14.7 Å². The second kappa shape index (κ2) is 5.24. The maximum absolute atomic E-state index is 12.7. The van der Waals surface area contributed by atoms with Gasteiger partial charge in [-0.05, 0) is 55.6 Å². The lowest BCUT2D eigenvalue weighted by molar-refractivity contribution is -0.147. The molecular formula is C14H19BrN2O3. The van der Waals surface area contributed by atoms with Crippen molar-refractivity contribution >= 4 is 27.8 Å². The van der Waals surface area contributed by atoms with E-state index < -0.39 is 11.5 Å². The summed E-state index contributed by atoms with van der Waals surface area (Å²) in [7, 11) is 0. The summed E-state index contributed by atoms with van der Waals surface area (Å²) in [6.07, 6.45) is 4.03. The summed E-state index contributed by atoms with van der Waals surface area (Å²) in [5.74, 6) is -1.24. The molecule has 0 bridgehead atoms. The number of amides is 1. The molecule has 1 N–H and O–H groups in total. The molecule has 5 nitrogen and oxygen atoms in total. The van der Waals surface area contributed by atoms with E-state index in [1.54, 1.807) is 26.8 Å². The number of rotatable bonds is 5. The van der Waals surface area contributed by atoms with Crippen molar-refractivity contribution in [1.82, 2.24) is 9.47 Å². The van der Waals surface area contributed by atoms with Crippen LogP contribution in [-0.2, 0) is 4.79 Å². The van der Waals surface area contributed by atoms with Crippen molar-refractivity contribution in [3.8, 4) is 0 Å². The first kappa shape index (κ1) is 15.1. The molecule has 1 aromatic heterocycles. The van der Waals surface area contributed by atoms with Gasteiger partial charge in [0.15, 0.2) is 0 Å². The van der Waals surface area contributed by atoms with Crippen LogP contribution in [0, 0.1) is 0 Å². The largest absolute Gasteiger partial charge is 0.480 e. The van der Waals surface area contributed by atoms with Gasteiger partial charge >= 0.3 is 5.97 Å². The number of hydrogen-bond acceptors (Lipinski definition) is 2. The third kappa shape index (κ3) is 2.61. The predicted octanol–water partition coefficient (Wildman–Crippen LogP) is 2.91. The van der Waals surface area contributed by atoms with Crippen molar-refractivity contribution in [2.45, 2.75) is 45.2 Å². The number of carboxylic acid groups (broad SMARTS) is 1. The normalized spacial score (nSPS) is 15.2. The van der Waals surface area contributed by atoms with Crippen molar-refractivity contribution in [2.24, 2.45) is 0 Å². The summed E-state index contributed by atoms with van der Waals surface area (Å²) in [6, 6.07) is 2.13. The molecule has 0 spiro atoms. The van der Waals surface area contributed by atoms with Crippen molar-refractivity contribution < 1.29 is 14.7 Å². The average molecular weight is 343 g/mol. The van der Waals surface area contributed by atoms with E-state index in [-0.39, 0.29) is 5.91 Å². The molecule has 1 saturated carbocycles. The maximum atomic E-state index is 12.7. The number of likely N-dealkylation sites (N-methyl/N-ethyl adjacent to an activating group) is 1. The summed E-state index contributed by atoms with van der Waals surface area (Å²) in [4.78, 5) is 25.5. The molecule has 20 heavy (non-hydrogen) atoms. The van der Waals surface area contributed by atoms with E-state index in [1.807, 2.05) is 10.8 Å². The van der Waals surface area contributed by atoms with Crippen LogP contribution in [0.25, 0.3) is 0 Å². The number of carbonyl (C=O) groups excluding carboxylic acids is 1. The smallest absolute Gasteiger partial charge is 0.329 e. The molecular weight excluding hydrogens is 324 g/mol. The van der Waals surface area contributed by atoms with E-state index in [0.717, 1.165) is 17.3 Å². The Morgan fingerprint density at radius 1 is 1.50 bits per heavy atom. The molecule has 0 aromatic carbocycles. The van der Waals surface area contributed by atoms with Crippen LogP contribution < -0.4 is 0 Å². The van der Waals surface area contributed by atoms with Crippen LogP contribution >= 0.6 is 15.9 Å². The van der Waals surface area contributed by atoms with Crippen molar-refractivity contribution in [1.29, 1.82) is 0 Å². The van der Waals surface area contributed by atoms with Gasteiger partial charge in [-0.2, -0.15) is 0 Å². The van der Waals surface area contributed by atoms with E-state index in [4.69, 9.17) is 0 Å². The summed E-state index contributed by atoms with van der Waals surface area (Å²) < 4.78 is 2.80. The zero-order valence-corrected chi connectivity index (χ0v) is 13.5. The standard InChI is InChI=1S/C14H19BrN2O3/c1-4-17(14(2,3)13(19)20)12(18)11-7-9(15)8-16(11)10-5-6-10/h7-8,10H,4-6H2,1-3H3,(H,19,20). The molecule has 1 fully saturated rings. The van der Waals surface area contributed by atoms with E-state index >= 15 is 0 Å². The Kier molecular flexibility index (Phi) is 3.95. The third-order valence-corrected chi connectivity index (χ3v) is 4.17. The Hall–Kier alpha value is -1.30. The van der Waals surface area contributed by atoms with Crippen LogP contribution in [0.5, 0.6) is 0 Å². The molecule has 0 unspecified atom stereocenters. The van der Waals surface area contributed by atoms with Crippen LogP contribution in [0.1, 0.15) is 50.1 Å². The van der Waals surface area contributed by atoms with Gasteiger partial charge in [-0.1, -0.05) is 0 Å². The highest BCUT2D eigenvalue weighted by molar-refractivity contribution is 9.10. The first-order valence-electron chi connectivity index (χ1n) is 6.71. The van der Waals surface area contributed by atoms with Gasteiger partial charge in [0.2, 0.25) is 0 Å². The lowest BCUT2D eigenvalue weighted by Crippen LogP contribution is -2.53. The van der Waals surface area contributed by atoms with Crippen LogP contribution in [0.3, 0.4) is 0 Å². The lowest BCUT2D eigenvalue weighted by Gasteiger charge is -2.34. The molecule has 0 atom stereocenters. The van der Waals surface area contributed by atoms with E-state index in [0.29, 0.717) is 18.3 Å². The number of aliphatic carboxylic acids is 1. The van der Waals surface area contributed by atoms with Gasteiger partial charge in [-0.15, -0.1) is 0 Å². The highest BCUT2D eigenvalue weighted by Crippen LogP contribution is 2.38. The summed E-state index contributed by atoms with van der Waals surface area (Å²) in [6.45, 7) is 5.25. The van der Waals surface area contributed by atoms with Crippen molar-refractivity contribution in [2.75, 3.05) is 6.54 Å². The minimum atomic E-state index is -1.23. The number of carboxylic acids is 1. The van der Waals surface area contributed by atoms with Crippen LogP contribution in [-0.4, -0.2) is 38.5 Å². The van der Waals surface area contributed by atoms with Crippen LogP contribution in [0.15, 0.2) is 16.7 Å². The van der Waals surface area contributed by atoms with Gasteiger partial charge in [0.1, 0.15) is 11.2 Å². The zero-order valence-electron chi connectivity index (χ0n) is 11.9. The van der Waals surface area contributed by atoms with Crippen molar-refractivity contribution in [3.63, 3.8) is 0 Å². The molecule has 1 aliphatic rings. The summed E-state index contributed by atoms with van der Waals surface area (Å²) in [5.41, 5.74) is -0.674. The molecule has 0 saturated heterocycles. The third-order valence-electron chi connectivity index (χ3n) is 3.73. The minimum Gasteiger partial charge on any atom is -0.480 e. The Morgan fingerprint density at radius 3 is 2.55 bits per heavy atom. The molecule has 6 heteroatoms. The molecule has 1 aromatic rings. The number of halogens is 1. The maximum Gasteiger partial charge on any atom is 0.329 e. The summed E-state index contributed by atoms with van der Waals surface area (Å²) >= 11 is 3.39. The van der Waals surface area contributed by atoms with Gasteiger partial charge in [0.05, 0.1) is 0 Å². The predicted molar refractivity (Wildman–Crippen MR) is 78.8 cm³/mol. The Balaban J connectivity index is 2.36. The van der Waals surface area contributed by atoms with Gasteiger partial charge in [-0.25, -0.2) is 4.79 Å². The SMILES string of the molecule is CCN(C(=O)c1cc(Br)cn1C1CC1)C(C)(C)C(=O)O. The highest BCUT2D eigenvalue weighted by atomic mass is 79.9. The monoisotopic (exact) mass is 342 g/mol. The fourth-order valence-electron chi connectivity index (χ4n) is 2.32. The second-order valence-corrected chi connectivity index (χ2v) is 6.51. The van der Waals surface area contributed by atoms with Gasteiger partial charge in [0.25, 0.3) is 5.91 Å². The first-order valence-corrected chi connectivity index (χ1v) is 7.51. The Labute approximate surface area is 126 Å². The average Bonchev–Trinajstić information content (AvgIpc) is 3.12. The molecule has 0 aliphatic heterocycles. The first-order chi connectivity index (χ1) is 9.28. The van der Waals surface area contributed by atoms with Gasteiger partial charge in [-0.3, -0.25) is 4.79 Å². The molecule has 1 heterocycles. The molecule has 1 amide bonds. The van der Waals surface area contributed by atoms with Crippen LogP contribution in [0.2, 0.25) is 0 Å². The number of carbonyl (C=O) groups is 2. The Morgan fingerprint density at radius 2 is 2.10 bits per heavy atom.